The number of hydrogen-bond donors (Lipinski definition) is 2. The van der Waals surface area contributed by atoms with E-state index in [1.807, 2.05) is 20.8 Å². The average Bonchev–Trinajstić information content (AvgIpc) is 2.84. The van der Waals surface area contributed by atoms with Crippen LogP contribution in [0.5, 0.6) is 0 Å². The lowest BCUT2D eigenvalue weighted by atomic mass is 9.98. The molecule has 134 valence electrons. The van der Waals surface area contributed by atoms with E-state index in [0.29, 0.717) is 18.0 Å². The maximum absolute atomic E-state index is 12.0. The molecule has 5 heteroatoms. The fraction of sp³-hybridized carbons (Fsp3) is 0.944. The highest BCUT2D eigenvalue weighted by molar-refractivity contribution is 5.68. The predicted molar refractivity (Wildman–Crippen MR) is 93.6 cm³/mol. The van der Waals surface area contributed by atoms with Gasteiger partial charge in [-0.05, 0) is 52.5 Å². The number of alkyl carbamates (subject to hydrolysis) is 1. The van der Waals surface area contributed by atoms with Crippen LogP contribution in [0.3, 0.4) is 0 Å². The van der Waals surface area contributed by atoms with E-state index in [2.05, 4.69) is 29.4 Å². The first kappa shape index (κ1) is 18.5. The van der Waals surface area contributed by atoms with Gasteiger partial charge in [0.1, 0.15) is 5.60 Å². The maximum Gasteiger partial charge on any atom is 0.407 e. The van der Waals surface area contributed by atoms with Gasteiger partial charge in [0.2, 0.25) is 0 Å². The van der Waals surface area contributed by atoms with Crippen molar-refractivity contribution in [2.75, 3.05) is 19.6 Å². The van der Waals surface area contributed by atoms with Gasteiger partial charge in [-0.25, -0.2) is 4.79 Å². The third kappa shape index (κ3) is 5.64. The molecule has 2 fully saturated rings. The van der Waals surface area contributed by atoms with Gasteiger partial charge in [0.05, 0.1) is 0 Å². The summed E-state index contributed by atoms with van der Waals surface area (Å²) in [5.74, 6) is 0.374. The standard InChI is InChI=1S/C18H35N3O2/c1-13(2)15(20-17(22)23-18(3,4)5)12-19-14-9-11-21-10-7-6-8-16(14)21/h13-16,19H,6-12H2,1-5H3,(H,20,22). The van der Waals surface area contributed by atoms with Crippen LogP contribution in [0.4, 0.5) is 4.79 Å². The van der Waals surface area contributed by atoms with Crippen molar-refractivity contribution >= 4 is 6.09 Å². The van der Waals surface area contributed by atoms with Crippen LogP contribution in [-0.4, -0.2) is 54.4 Å². The molecular formula is C18H35N3O2. The molecule has 3 unspecified atom stereocenters. The molecule has 2 saturated heterocycles. The molecule has 0 aliphatic carbocycles. The summed E-state index contributed by atoms with van der Waals surface area (Å²) in [5.41, 5.74) is -0.451. The first-order chi connectivity index (χ1) is 10.8. The zero-order chi connectivity index (χ0) is 17.0. The maximum atomic E-state index is 12.0. The fourth-order valence-corrected chi connectivity index (χ4v) is 3.68. The van der Waals surface area contributed by atoms with Gasteiger partial charge in [0.25, 0.3) is 0 Å². The Morgan fingerprint density at radius 3 is 2.61 bits per heavy atom. The van der Waals surface area contributed by atoms with Gasteiger partial charge in [-0.3, -0.25) is 4.90 Å². The number of amides is 1. The molecule has 2 aliphatic rings. The van der Waals surface area contributed by atoms with E-state index in [1.165, 1.54) is 38.8 Å². The predicted octanol–water partition coefficient (Wildman–Crippen LogP) is 2.75. The van der Waals surface area contributed by atoms with Gasteiger partial charge >= 0.3 is 6.09 Å². The van der Waals surface area contributed by atoms with E-state index in [4.69, 9.17) is 4.74 Å². The molecule has 0 spiro atoms. The Morgan fingerprint density at radius 1 is 1.22 bits per heavy atom. The lowest BCUT2D eigenvalue weighted by Gasteiger charge is -2.34. The van der Waals surface area contributed by atoms with Crippen molar-refractivity contribution in [2.24, 2.45) is 5.92 Å². The second kappa shape index (κ2) is 7.84. The van der Waals surface area contributed by atoms with Gasteiger partial charge in [-0.1, -0.05) is 20.3 Å². The lowest BCUT2D eigenvalue weighted by molar-refractivity contribution is 0.0488. The molecule has 2 rings (SSSR count). The Balaban J connectivity index is 1.81. The van der Waals surface area contributed by atoms with Gasteiger partial charge in [0, 0.05) is 31.2 Å². The average molecular weight is 325 g/mol. The first-order valence-corrected chi connectivity index (χ1v) is 9.23. The van der Waals surface area contributed by atoms with E-state index in [1.54, 1.807) is 0 Å². The molecule has 0 radical (unpaired) electrons. The lowest BCUT2D eigenvalue weighted by Crippen LogP contribution is -2.51. The molecular weight excluding hydrogens is 290 g/mol. The summed E-state index contributed by atoms with van der Waals surface area (Å²) < 4.78 is 5.39. The number of hydrogen-bond acceptors (Lipinski definition) is 4. The fourth-order valence-electron chi connectivity index (χ4n) is 3.68. The van der Waals surface area contributed by atoms with Crippen molar-refractivity contribution in [3.8, 4) is 0 Å². The van der Waals surface area contributed by atoms with Gasteiger partial charge < -0.3 is 15.4 Å². The third-order valence-electron chi connectivity index (χ3n) is 4.96. The van der Waals surface area contributed by atoms with E-state index >= 15 is 0 Å². The molecule has 2 heterocycles. The van der Waals surface area contributed by atoms with E-state index < -0.39 is 5.60 Å². The van der Waals surface area contributed by atoms with E-state index in [0.717, 1.165) is 6.54 Å². The summed E-state index contributed by atoms with van der Waals surface area (Å²) in [6.07, 6.45) is 4.91. The highest BCUT2D eigenvalue weighted by Gasteiger charge is 2.35. The first-order valence-electron chi connectivity index (χ1n) is 9.23. The molecule has 1 amide bonds. The highest BCUT2D eigenvalue weighted by atomic mass is 16.6. The van der Waals surface area contributed by atoms with Crippen LogP contribution in [0.25, 0.3) is 0 Å². The molecule has 2 N–H and O–H groups in total. The molecule has 0 aromatic carbocycles. The molecule has 0 bridgehead atoms. The van der Waals surface area contributed by atoms with E-state index in [-0.39, 0.29) is 12.1 Å². The minimum atomic E-state index is -0.451. The summed E-state index contributed by atoms with van der Waals surface area (Å²) in [6, 6.07) is 1.36. The topological polar surface area (TPSA) is 53.6 Å². The van der Waals surface area contributed by atoms with E-state index in [9.17, 15) is 4.79 Å². The van der Waals surface area contributed by atoms with Crippen LogP contribution in [0.1, 0.15) is 60.3 Å². The summed E-state index contributed by atoms with van der Waals surface area (Å²) in [6.45, 7) is 13.3. The van der Waals surface area contributed by atoms with Crippen molar-refractivity contribution in [1.82, 2.24) is 15.5 Å². The molecule has 0 aromatic heterocycles. The van der Waals surface area contributed by atoms with Crippen molar-refractivity contribution in [2.45, 2.75) is 84.0 Å². The zero-order valence-electron chi connectivity index (χ0n) is 15.5. The Hall–Kier alpha value is -0.810. The van der Waals surface area contributed by atoms with Gasteiger partial charge in [-0.2, -0.15) is 0 Å². The van der Waals surface area contributed by atoms with Gasteiger partial charge in [0.15, 0.2) is 0 Å². The molecule has 3 atom stereocenters. The normalized spacial score (nSPS) is 26.9. The van der Waals surface area contributed by atoms with Crippen molar-refractivity contribution in [1.29, 1.82) is 0 Å². The van der Waals surface area contributed by atoms with Crippen LogP contribution >= 0.6 is 0 Å². The number of nitrogens with zero attached hydrogens (tertiary/aromatic N) is 1. The monoisotopic (exact) mass is 325 g/mol. The Bertz CT molecular complexity index is 392. The Labute approximate surface area is 141 Å². The number of ether oxygens (including phenoxy) is 1. The second-order valence-electron chi connectivity index (χ2n) is 8.40. The largest absolute Gasteiger partial charge is 0.444 e. The van der Waals surface area contributed by atoms with Crippen LogP contribution in [0, 0.1) is 5.92 Å². The molecule has 23 heavy (non-hydrogen) atoms. The number of rotatable bonds is 5. The minimum absolute atomic E-state index is 0.0995. The minimum Gasteiger partial charge on any atom is -0.444 e. The number of nitrogens with one attached hydrogen (secondary N) is 2. The summed E-state index contributed by atoms with van der Waals surface area (Å²) >= 11 is 0. The molecule has 2 aliphatic heterocycles. The second-order valence-corrected chi connectivity index (χ2v) is 8.40. The number of piperidine rings is 1. The third-order valence-corrected chi connectivity index (χ3v) is 4.96. The molecule has 0 aromatic rings. The Morgan fingerprint density at radius 2 is 1.96 bits per heavy atom. The number of carbonyl (C=O) groups is 1. The zero-order valence-corrected chi connectivity index (χ0v) is 15.5. The highest BCUT2D eigenvalue weighted by Crippen LogP contribution is 2.27. The van der Waals surface area contributed by atoms with Crippen LogP contribution in [0.15, 0.2) is 0 Å². The Kier molecular flexibility index (Phi) is 6.32. The SMILES string of the molecule is CC(C)C(CNC1CCN2CCCCC12)NC(=O)OC(C)(C)C. The van der Waals surface area contributed by atoms with Crippen molar-refractivity contribution in [3.05, 3.63) is 0 Å². The van der Waals surface area contributed by atoms with Crippen LogP contribution in [-0.2, 0) is 4.74 Å². The van der Waals surface area contributed by atoms with Gasteiger partial charge in [-0.15, -0.1) is 0 Å². The molecule has 0 saturated carbocycles. The summed E-state index contributed by atoms with van der Waals surface area (Å²) in [4.78, 5) is 14.7. The summed E-state index contributed by atoms with van der Waals surface area (Å²) in [5, 5.41) is 6.75. The van der Waals surface area contributed by atoms with Crippen LogP contribution < -0.4 is 10.6 Å². The summed E-state index contributed by atoms with van der Waals surface area (Å²) in [7, 11) is 0. The smallest absolute Gasteiger partial charge is 0.407 e. The van der Waals surface area contributed by atoms with Crippen molar-refractivity contribution in [3.63, 3.8) is 0 Å². The quantitative estimate of drug-likeness (QED) is 0.816. The van der Waals surface area contributed by atoms with Crippen LogP contribution in [0.2, 0.25) is 0 Å². The number of carbonyl (C=O) groups excluding carboxylic acids is 1. The van der Waals surface area contributed by atoms with Crippen molar-refractivity contribution < 1.29 is 9.53 Å². The number of fused-ring (bicyclic) bond motifs is 1. The molecule has 5 nitrogen and oxygen atoms in total.